The molecule has 2 atom stereocenters. The number of rotatable bonds is 4. The Morgan fingerprint density at radius 3 is 2.22 bits per heavy atom. The minimum Gasteiger partial charge on any atom is -0.508 e. The molecule has 36 heavy (non-hydrogen) atoms. The summed E-state index contributed by atoms with van der Waals surface area (Å²) in [6, 6.07) is 32.8. The molecule has 0 aromatic heterocycles. The summed E-state index contributed by atoms with van der Waals surface area (Å²) in [7, 11) is 0. The van der Waals surface area contributed by atoms with Crippen molar-refractivity contribution in [2.45, 2.75) is 11.3 Å². The number of fused-ring (bicyclic) bond motifs is 2. The second kappa shape index (κ2) is 8.58. The molecule has 3 N–H and O–H groups in total. The highest BCUT2D eigenvalue weighted by atomic mass is 79.9. The van der Waals surface area contributed by atoms with Crippen molar-refractivity contribution in [3.8, 4) is 17.2 Å². The van der Waals surface area contributed by atoms with Gasteiger partial charge in [-0.3, -0.25) is 0 Å². The van der Waals surface area contributed by atoms with E-state index in [0.29, 0.717) is 0 Å². The number of hydrogen-bond donors (Lipinski definition) is 3. The smallest absolute Gasteiger partial charge is 0.120 e. The van der Waals surface area contributed by atoms with E-state index >= 15 is 0 Å². The molecule has 176 valence electrons. The lowest BCUT2D eigenvalue weighted by Gasteiger charge is -2.42. The molecule has 5 aromatic carbocycles. The maximum Gasteiger partial charge on any atom is 0.120 e. The highest BCUT2D eigenvalue weighted by molar-refractivity contribution is 9.10. The lowest BCUT2D eigenvalue weighted by atomic mass is 9.59. The van der Waals surface area contributed by atoms with Crippen LogP contribution in [0.2, 0.25) is 0 Å². The molecule has 1 aliphatic carbocycles. The van der Waals surface area contributed by atoms with Crippen LogP contribution in [0.5, 0.6) is 17.2 Å². The molecular weight excluding hydrogens is 512 g/mol. The Balaban J connectivity index is 1.82. The standard InChI is InChI=1S/C32H23BrO3/c33-24-8-4-7-23(19-24)32(22-5-2-1-3-6-22,29-15-9-20-17-25(34)11-13-27(20)29)31-28-14-12-26(35)18-21(28)10-16-30(31)36/h1-19,29,34-36H. The molecular formula is C32H23BrO3. The van der Waals surface area contributed by atoms with Crippen LogP contribution in [-0.4, -0.2) is 15.3 Å². The normalized spacial score (nSPS) is 16.1. The van der Waals surface area contributed by atoms with Crippen LogP contribution in [0.15, 0.2) is 114 Å². The van der Waals surface area contributed by atoms with Gasteiger partial charge in [0.15, 0.2) is 0 Å². The van der Waals surface area contributed by atoms with Gasteiger partial charge < -0.3 is 15.3 Å². The van der Waals surface area contributed by atoms with Gasteiger partial charge in [0.05, 0.1) is 5.41 Å². The zero-order valence-electron chi connectivity index (χ0n) is 19.3. The summed E-state index contributed by atoms with van der Waals surface area (Å²) in [6.45, 7) is 0. The van der Waals surface area contributed by atoms with Crippen LogP contribution in [-0.2, 0) is 5.41 Å². The van der Waals surface area contributed by atoms with E-state index < -0.39 is 5.41 Å². The van der Waals surface area contributed by atoms with Gasteiger partial charge in [0.2, 0.25) is 0 Å². The van der Waals surface area contributed by atoms with Gasteiger partial charge in [-0.25, -0.2) is 0 Å². The molecule has 2 unspecified atom stereocenters. The van der Waals surface area contributed by atoms with Crippen molar-refractivity contribution in [3.05, 3.63) is 141 Å². The molecule has 0 bridgehead atoms. The summed E-state index contributed by atoms with van der Waals surface area (Å²) in [5.41, 5.74) is 3.98. The number of phenols is 3. The molecule has 0 radical (unpaired) electrons. The number of aromatic hydroxyl groups is 3. The van der Waals surface area contributed by atoms with E-state index in [-0.39, 0.29) is 23.2 Å². The summed E-state index contributed by atoms with van der Waals surface area (Å²) < 4.78 is 0.936. The van der Waals surface area contributed by atoms with E-state index in [4.69, 9.17) is 0 Å². The Kier molecular flexibility index (Phi) is 5.35. The third kappa shape index (κ3) is 3.41. The molecule has 0 saturated carbocycles. The second-order valence-electron chi connectivity index (χ2n) is 9.20. The number of benzene rings is 5. The van der Waals surface area contributed by atoms with Gasteiger partial charge in [-0.2, -0.15) is 0 Å². The number of allylic oxidation sites excluding steroid dienone is 1. The lowest BCUT2D eigenvalue weighted by Crippen LogP contribution is -2.35. The van der Waals surface area contributed by atoms with Crippen molar-refractivity contribution >= 4 is 32.8 Å². The van der Waals surface area contributed by atoms with Crippen LogP contribution in [0.4, 0.5) is 0 Å². The molecule has 3 nitrogen and oxygen atoms in total. The zero-order chi connectivity index (χ0) is 24.9. The molecule has 1 aliphatic rings. The van der Waals surface area contributed by atoms with Crippen LogP contribution < -0.4 is 0 Å². The fourth-order valence-corrected chi connectivity index (χ4v) is 6.20. The first-order chi connectivity index (χ1) is 17.5. The molecule has 0 amide bonds. The largest absolute Gasteiger partial charge is 0.508 e. The number of hydrogen-bond acceptors (Lipinski definition) is 3. The van der Waals surface area contributed by atoms with Gasteiger partial charge in [-0.15, -0.1) is 0 Å². The summed E-state index contributed by atoms with van der Waals surface area (Å²) in [4.78, 5) is 0. The van der Waals surface area contributed by atoms with Crippen molar-refractivity contribution < 1.29 is 15.3 Å². The summed E-state index contributed by atoms with van der Waals surface area (Å²) in [5, 5.41) is 33.7. The van der Waals surface area contributed by atoms with E-state index in [1.807, 2.05) is 54.6 Å². The van der Waals surface area contributed by atoms with E-state index in [1.165, 1.54) is 0 Å². The van der Waals surface area contributed by atoms with Crippen LogP contribution in [0.1, 0.15) is 33.7 Å². The van der Waals surface area contributed by atoms with E-state index in [1.54, 1.807) is 30.3 Å². The summed E-state index contributed by atoms with van der Waals surface area (Å²) >= 11 is 3.68. The topological polar surface area (TPSA) is 60.7 Å². The first kappa shape index (κ1) is 22.4. The van der Waals surface area contributed by atoms with E-state index in [9.17, 15) is 15.3 Å². The summed E-state index contributed by atoms with van der Waals surface area (Å²) in [5.74, 6) is 0.386. The molecule has 0 fully saturated rings. The quantitative estimate of drug-likeness (QED) is 0.205. The Bertz CT molecular complexity index is 1640. The van der Waals surface area contributed by atoms with E-state index in [0.717, 1.165) is 43.1 Å². The number of halogens is 1. The molecule has 0 heterocycles. The lowest BCUT2D eigenvalue weighted by molar-refractivity contribution is 0.445. The fraction of sp³-hybridized carbons (Fsp3) is 0.0625. The average Bonchev–Trinajstić information content (AvgIpc) is 3.30. The van der Waals surface area contributed by atoms with Crippen molar-refractivity contribution in [3.63, 3.8) is 0 Å². The first-order valence-electron chi connectivity index (χ1n) is 11.8. The Labute approximate surface area is 217 Å². The Morgan fingerprint density at radius 2 is 1.42 bits per heavy atom. The van der Waals surface area contributed by atoms with E-state index in [2.05, 4.69) is 46.3 Å². The predicted octanol–water partition coefficient (Wildman–Crippen LogP) is 7.86. The monoisotopic (exact) mass is 534 g/mol. The van der Waals surface area contributed by atoms with Gasteiger partial charge in [0, 0.05) is 16.0 Å². The van der Waals surface area contributed by atoms with Crippen molar-refractivity contribution in [2.75, 3.05) is 0 Å². The van der Waals surface area contributed by atoms with Gasteiger partial charge in [0.1, 0.15) is 17.2 Å². The van der Waals surface area contributed by atoms with Crippen molar-refractivity contribution in [1.29, 1.82) is 0 Å². The molecule has 0 spiro atoms. The third-order valence-corrected chi connectivity index (χ3v) is 7.72. The first-order valence-corrected chi connectivity index (χ1v) is 12.6. The maximum atomic E-state index is 11.6. The van der Waals surface area contributed by atoms with Gasteiger partial charge in [-0.05, 0) is 75.5 Å². The second-order valence-corrected chi connectivity index (χ2v) is 10.1. The number of phenolic OH excluding ortho intramolecular Hbond substituents is 3. The third-order valence-electron chi connectivity index (χ3n) is 7.22. The van der Waals surface area contributed by atoms with Crippen LogP contribution in [0.25, 0.3) is 16.8 Å². The summed E-state index contributed by atoms with van der Waals surface area (Å²) in [6.07, 6.45) is 4.21. The van der Waals surface area contributed by atoms with Crippen molar-refractivity contribution in [1.82, 2.24) is 0 Å². The fourth-order valence-electron chi connectivity index (χ4n) is 5.80. The zero-order valence-corrected chi connectivity index (χ0v) is 20.9. The molecule has 4 heteroatoms. The van der Waals surface area contributed by atoms with Crippen molar-refractivity contribution in [2.24, 2.45) is 0 Å². The average molecular weight is 535 g/mol. The highest BCUT2D eigenvalue weighted by Crippen LogP contribution is 2.57. The Hall–Kier alpha value is -4.02. The molecule has 5 aromatic rings. The Morgan fingerprint density at radius 1 is 0.667 bits per heavy atom. The van der Waals surface area contributed by atoms with Gasteiger partial charge in [0.25, 0.3) is 0 Å². The van der Waals surface area contributed by atoms with Gasteiger partial charge >= 0.3 is 0 Å². The highest BCUT2D eigenvalue weighted by Gasteiger charge is 2.47. The SMILES string of the molecule is Oc1ccc2c(c1)C=CC2C(c1ccccc1)(c1cccc(Br)c1)c1c(O)ccc2cc(O)ccc12. The maximum absolute atomic E-state index is 11.6. The van der Waals surface area contributed by atoms with Crippen LogP contribution in [0, 0.1) is 0 Å². The molecule has 6 rings (SSSR count). The molecule has 0 saturated heterocycles. The van der Waals surface area contributed by atoms with Crippen LogP contribution >= 0.6 is 15.9 Å². The molecule has 0 aliphatic heterocycles. The minimum absolute atomic E-state index is 0.175. The van der Waals surface area contributed by atoms with Gasteiger partial charge in [-0.1, -0.05) is 88.7 Å². The van der Waals surface area contributed by atoms with Crippen LogP contribution in [0.3, 0.4) is 0 Å². The minimum atomic E-state index is -0.829. The predicted molar refractivity (Wildman–Crippen MR) is 148 cm³/mol.